The van der Waals surface area contributed by atoms with Crippen LogP contribution in [0.25, 0.3) is 21.9 Å². The van der Waals surface area contributed by atoms with Crippen molar-refractivity contribution < 1.29 is 24.2 Å². The second-order valence-corrected chi connectivity index (χ2v) is 16.3. The Morgan fingerprint density at radius 1 is 0.586 bits per heavy atom. The molecule has 70 heavy (non-hydrogen) atoms. The summed E-state index contributed by atoms with van der Waals surface area (Å²) < 4.78 is 10.3. The third kappa shape index (κ3) is 33.2. The zero-order valence-corrected chi connectivity index (χ0v) is 44.0. The van der Waals surface area contributed by atoms with Crippen LogP contribution in [0.2, 0.25) is 0 Å². The Kier molecular flexibility index (Phi) is 42.3. The Balaban J connectivity index is 0. The fourth-order valence-corrected chi connectivity index (χ4v) is 6.00. The van der Waals surface area contributed by atoms with Crippen molar-refractivity contribution >= 4 is 22.5 Å². The number of nitrogens with zero attached hydrogens (tertiary/aromatic N) is 2. The van der Waals surface area contributed by atoms with E-state index in [1.54, 1.807) is 0 Å². The molecule has 0 fully saturated rings. The van der Waals surface area contributed by atoms with Crippen LogP contribution in [0.1, 0.15) is 129 Å². The van der Waals surface area contributed by atoms with E-state index in [2.05, 4.69) is 162 Å². The number of hydrogen-bond donors (Lipinski definition) is 4. The molecule has 382 valence electrons. The van der Waals surface area contributed by atoms with Crippen molar-refractivity contribution in [2.24, 2.45) is 17.2 Å². The number of Topliss-reactive ketones (excluding diaryl/α,β-unsaturated/α-hetero) is 1. The van der Waals surface area contributed by atoms with E-state index in [-0.39, 0.29) is 11.8 Å². The Labute approximate surface area is 422 Å². The summed E-state index contributed by atoms with van der Waals surface area (Å²) in [5.74, 6) is 1.07. The average Bonchev–Trinajstić information content (AvgIpc) is 3.86. The van der Waals surface area contributed by atoms with E-state index in [1.165, 1.54) is 96.0 Å². The molecule has 7 rings (SSSR count). The van der Waals surface area contributed by atoms with Gasteiger partial charge in [0.15, 0.2) is 11.5 Å². The van der Waals surface area contributed by atoms with Crippen LogP contribution < -0.4 is 26.7 Å². The first kappa shape index (κ1) is 65.7. The van der Waals surface area contributed by atoms with Gasteiger partial charge in [-0.05, 0) is 129 Å². The van der Waals surface area contributed by atoms with Crippen molar-refractivity contribution in [1.29, 1.82) is 10.8 Å². The molecule has 0 radical (unpaired) electrons. The van der Waals surface area contributed by atoms with Gasteiger partial charge in [-0.2, -0.15) is 0 Å². The van der Waals surface area contributed by atoms with Gasteiger partial charge in [-0.3, -0.25) is 9.59 Å². The zero-order chi connectivity index (χ0) is 52.8. The number of aliphatic carboxylic acids is 1. The number of carboxylic acids is 1. The molecule has 0 aromatic heterocycles. The molecular weight excluding hydrogens is 871 g/mol. The zero-order valence-electron chi connectivity index (χ0n) is 44.0. The molecule has 0 spiro atoms. The summed E-state index contributed by atoms with van der Waals surface area (Å²) in [4.78, 5) is 19.8. The van der Waals surface area contributed by atoms with E-state index in [0.29, 0.717) is 13.2 Å². The first-order valence-corrected chi connectivity index (χ1v) is 24.9. The van der Waals surface area contributed by atoms with Crippen LogP contribution in [0.5, 0.6) is 11.5 Å². The highest BCUT2D eigenvalue weighted by Gasteiger charge is 2.11. The number of ketones is 1. The van der Waals surface area contributed by atoms with Gasteiger partial charge in [-0.15, -0.1) is 0 Å². The van der Waals surface area contributed by atoms with E-state index < -0.39 is 5.97 Å². The Morgan fingerprint density at radius 3 is 1.54 bits per heavy atom. The Morgan fingerprint density at radius 2 is 1.10 bits per heavy atom. The highest BCUT2D eigenvalue weighted by atomic mass is 16.7. The topological polar surface area (TPSA) is 198 Å². The third-order valence-corrected chi connectivity index (χ3v) is 10.0. The molecule has 10 nitrogen and oxygen atoms in total. The minimum Gasteiger partial charge on any atom is -0.481 e. The van der Waals surface area contributed by atoms with Crippen LogP contribution in [0.4, 0.5) is 0 Å². The minimum absolute atomic E-state index is 0.0718. The molecule has 1 aliphatic heterocycles. The number of fused-ring (bicyclic) bond motifs is 2. The lowest BCUT2D eigenvalue weighted by molar-refractivity contribution is -0.137. The van der Waals surface area contributed by atoms with Crippen molar-refractivity contribution in [1.82, 2.24) is 0 Å². The fraction of sp³-hybridized carbons (Fsp3) is 0.400. The molecule has 10 heteroatoms. The van der Waals surface area contributed by atoms with E-state index in [1.807, 2.05) is 39.0 Å². The average molecular weight is 958 g/mol. The van der Waals surface area contributed by atoms with Gasteiger partial charge in [0.05, 0.1) is 6.04 Å². The second-order valence-electron chi connectivity index (χ2n) is 16.3. The number of unbranched alkanes of at least 4 members (excludes halogenated alkanes) is 2. The maximum atomic E-state index is 10.2. The van der Waals surface area contributed by atoms with Gasteiger partial charge in [0.2, 0.25) is 6.79 Å². The smallest absolute Gasteiger partial charge is 0.303 e. The summed E-state index contributed by atoms with van der Waals surface area (Å²) in [6.45, 7) is 20.1. The number of hydrogen-bond acceptors (Lipinski definition) is 9. The van der Waals surface area contributed by atoms with E-state index in [4.69, 9.17) is 42.6 Å². The van der Waals surface area contributed by atoms with Crippen molar-refractivity contribution in [2.75, 3.05) is 19.9 Å². The molecule has 0 saturated carbocycles. The Bertz CT molecular complexity index is 2170. The van der Waals surface area contributed by atoms with Crippen molar-refractivity contribution in [3.05, 3.63) is 168 Å². The lowest BCUT2D eigenvalue weighted by Crippen LogP contribution is -2.26. The summed E-state index contributed by atoms with van der Waals surface area (Å²) in [5.41, 5.74) is 23.5. The Hall–Kier alpha value is -6.38. The van der Waals surface area contributed by atoms with E-state index >= 15 is 0 Å². The number of carbonyl (C=O) groups excluding carboxylic acids is 1. The van der Waals surface area contributed by atoms with Crippen LogP contribution >= 0.6 is 0 Å². The van der Waals surface area contributed by atoms with Gasteiger partial charge in [-0.25, -0.2) is 0 Å². The molecule has 0 bridgehead atoms. The molecule has 0 unspecified atom stereocenters. The number of carbonyl (C=O) groups is 2. The SMILES string of the molecule is CCCC(=O)O.CCCCCN.CCCN.CCCc1ccc(-c2ccccc2)cc1.CCCc1ccccc1.CC[C@H](N)C(C)=O.Cc1ccc2c(c1)OCO2.Cc1cccc2ccccc12.N#N. The first-order chi connectivity index (χ1) is 33.8. The number of nitrogens with two attached hydrogens (primary N) is 3. The number of ether oxygens (including phenoxy) is 2. The summed E-state index contributed by atoms with van der Waals surface area (Å²) in [5, 5.41) is 22.6. The van der Waals surface area contributed by atoms with Gasteiger partial charge in [0.1, 0.15) is 5.78 Å². The predicted molar refractivity (Wildman–Crippen MR) is 295 cm³/mol. The van der Waals surface area contributed by atoms with Gasteiger partial charge in [0, 0.05) is 17.2 Å². The quantitative estimate of drug-likeness (QED) is 0.0638. The summed E-state index contributed by atoms with van der Waals surface area (Å²) in [6, 6.07) is 50.4. The van der Waals surface area contributed by atoms with Gasteiger partial charge in [0.25, 0.3) is 0 Å². The maximum Gasteiger partial charge on any atom is 0.303 e. The van der Waals surface area contributed by atoms with Crippen molar-refractivity contribution in [3.63, 3.8) is 0 Å². The molecule has 0 aliphatic carbocycles. The largest absolute Gasteiger partial charge is 0.481 e. The first-order valence-electron chi connectivity index (χ1n) is 24.9. The molecule has 0 saturated heterocycles. The highest BCUT2D eigenvalue weighted by Crippen LogP contribution is 2.32. The van der Waals surface area contributed by atoms with Crippen LogP contribution in [-0.2, 0) is 22.4 Å². The normalized spacial score (nSPS) is 10.3. The molecule has 1 heterocycles. The van der Waals surface area contributed by atoms with Crippen molar-refractivity contribution in [2.45, 2.75) is 139 Å². The lowest BCUT2D eigenvalue weighted by Gasteiger charge is -2.03. The number of rotatable bonds is 13. The number of benzene rings is 6. The van der Waals surface area contributed by atoms with Crippen LogP contribution in [0.15, 0.2) is 146 Å². The standard InChI is InChI=1S/C15H16.C11H10.C9H12.C8H8O2.C5H11NO.C5H13N.C4H8O2.C3H9N.N2/c1-2-6-13-9-11-15(12-10-13)14-7-4-3-5-8-14;1-9-5-4-7-10-6-2-3-8-11(9)10;1-2-6-9-7-4-3-5-8-9;1-6-2-3-7-8(4-6)10-5-9-7;1-3-5(6)4(2)7;1-2-3-4-5-6;1-2-3-4(5)6;1-2-3-4;1-2/h3-5,7-12H,2,6H2,1H3;2-8H,1H3;3-5,7-8H,2,6H2,1H3;2-4H,5H2,1H3;5H,3,6H2,1-2H3;2-6H2,1H3;2-3H2,1H3,(H,5,6);2-4H2,1H3;/t;;;;5-;;;;/m....0..../s1. The third-order valence-electron chi connectivity index (χ3n) is 10.0. The van der Waals surface area contributed by atoms with E-state index in [9.17, 15) is 9.59 Å². The van der Waals surface area contributed by atoms with Gasteiger partial charge >= 0.3 is 5.97 Å². The van der Waals surface area contributed by atoms with E-state index in [0.717, 1.165) is 43.9 Å². The molecule has 6 aromatic rings. The van der Waals surface area contributed by atoms with Crippen LogP contribution in [0, 0.1) is 24.6 Å². The van der Waals surface area contributed by atoms with Gasteiger partial charge < -0.3 is 31.8 Å². The molecule has 1 aliphatic rings. The molecule has 0 amide bonds. The fourth-order valence-electron chi connectivity index (χ4n) is 6.00. The lowest BCUT2D eigenvalue weighted by atomic mass is 10.0. The predicted octanol–water partition coefficient (Wildman–Crippen LogP) is 14.5. The molecular formula is C60H87N5O5. The van der Waals surface area contributed by atoms with Gasteiger partial charge in [-0.1, -0.05) is 201 Å². The minimum atomic E-state index is -0.711. The molecule has 1 atom stereocenters. The number of aryl methyl sites for hydroxylation is 4. The monoisotopic (exact) mass is 958 g/mol. The van der Waals surface area contributed by atoms with Crippen LogP contribution in [-0.4, -0.2) is 42.8 Å². The summed E-state index contributed by atoms with van der Waals surface area (Å²) in [7, 11) is 0. The molecule has 6 aromatic carbocycles. The highest BCUT2D eigenvalue weighted by molar-refractivity contribution is 5.85. The summed E-state index contributed by atoms with van der Waals surface area (Å²) >= 11 is 0. The molecule has 7 N–H and O–H groups in total. The number of carboxylic acid groups (broad SMARTS) is 1. The van der Waals surface area contributed by atoms with Crippen molar-refractivity contribution in [3.8, 4) is 22.6 Å². The van der Waals surface area contributed by atoms with Crippen LogP contribution in [0.3, 0.4) is 0 Å². The summed E-state index contributed by atoms with van der Waals surface area (Å²) in [6.07, 6.45) is 11.5. The maximum absolute atomic E-state index is 10.2. The second kappa shape index (κ2) is 45.1.